The van der Waals surface area contributed by atoms with Crippen LogP contribution in [-0.2, 0) is 11.2 Å². The predicted octanol–water partition coefficient (Wildman–Crippen LogP) is 1.76. The molecule has 5 heteroatoms. The molecule has 1 amide bonds. The van der Waals surface area contributed by atoms with Crippen LogP contribution in [-0.4, -0.2) is 28.0 Å². The number of anilines is 1. The maximum Gasteiger partial charge on any atom is 0.239 e. The number of nitrogens with zero attached hydrogens (tertiary/aromatic N) is 2. The van der Waals surface area contributed by atoms with Crippen LogP contribution in [0.2, 0.25) is 0 Å². The molecule has 5 nitrogen and oxygen atoms in total. The summed E-state index contributed by atoms with van der Waals surface area (Å²) in [6.07, 6.45) is 3.49. The highest BCUT2D eigenvalue weighted by molar-refractivity contribution is 5.80. The van der Waals surface area contributed by atoms with Crippen LogP contribution in [0, 0.1) is 0 Å². The van der Waals surface area contributed by atoms with E-state index in [-0.39, 0.29) is 18.0 Å². The van der Waals surface area contributed by atoms with Gasteiger partial charge in [-0.25, -0.2) is 9.97 Å². The van der Waals surface area contributed by atoms with Gasteiger partial charge in [-0.2, -0.15) is 0 Å². The van der Waals surface area contributed by atoms with Crippen LogP contribution in [0.25, 0.3) is 0 Å². The molecule has 1 aromatic heterocycles. The Morgan fingerprint density at radius 2 is 2.06 bits per heavy atom. The van der Waals surface area contributed by atoms with E-state index < -0.39 is 0 Å². The summed E-state index contributed by atoms with van der Waals surface area (Å²) in [7, 11) is 0. The fourth-order valence-corrected chi connectivity index (χ4v) is 1.52. The molecule has 0 saturated carbocycles. The zero-order valence-corrected chi connectivity index (χ0v) is 11.6. The number of carbonyl (C=O) groups is 1. The molecule has 0 bridgehead atoms. The van der Waals surface area contributed by atoms with Crippen molar-refractivity contribution in [2.45, 2.75) is 46.1 Å². The monoisotopic (exact) mass is 250 g/mol. The highest BCUT2D eigenvalue weighted by Crippen LogP contribution is 2.05. The molecule has 0 aliphatic heterocycles. The van der Waals surface area contributed by atoms with E-state index in [4.69, 9.17) is 0 Å². The molecule has 2 N–H and O–H groups in total. The summed E-state index contributed by atoms with van der Waals surface area (Å²) in [5.41, 5.74) is 0.781. The maximum absolute atomic E-state index is 11.6. The van der Waals surface area contributed by atoms with Crippen molar-refractivity contribution < 1.29 is 4.79 Å². The predicted molar refractivity (Wildman–Crippen MR) is 72.4 cm³/mol. The first-order chi connectivity index (χ1) is 8.40. The number of aromatic nitrogens is 2. The lowest BCUT2D eigenvalue weighted by Gasteiger charge is -2.20. The summed E-state index contributed by atoms with van der Waals surface area (Å²) in [6, 6.07) is 1.88. The molecule has 0 atom stereocenters. The van der Waals surface area contributed by atoms with E-state index in [9.17, 15) is 4.79 Å². The van der Waals surface area contributed by atoms with Gasteiger partial charge in [0.15, 0.2) is 0 Å². The average molecular weight is 250 g/mol. The Labute approximate surface area is 108 Å². The largest absolute Gasteiger partial charge is 0.361 e. The van der Waals surface area contributed by atoms with Crippen molar-refractivity contribution in [3.63, 3.8) is 0 Å². The van der Waals surface area contributed by atoms with E-state index in [2.05, 4.69) is 27.5 Å². The molecule has 1 heterocycles. The van der Waals surface area contributed by atoms with Crippen LogP contribution in [0.4, 0.5) is 5.82 Å². The zero-order chi connectivity index (χ0) is 13.6. The Bertz CT molecular complexity index is 398. The van der Waals surface area contributed by atoms with Gasteiger partial charge >= 0.3 is 0 Å². The molecule has 18 heavy (non-hydrogen) atoms. The van der Waals surface area contributed by atoms with Gasteiger partial charge < -0.3 is 10.6 Å². The van der Waals surface area contributed by atoms with Crippen molar-refractivity contribution in [3.05, 3.63) is 18.1 Å². The summed E-state index contributed by atoms with van der Waals surface area (Å²) in [6.45, 7) is 8.19. The fourth-order valence-electron chi connectivity index (χ4n) is 1.52. The number of hydrogen-bond acceptors (Lipinski definition) is 4. The summed E-state index contributed by atoms with van der Waals surface area (Å²) in [5.74, 6) is 0.649. The molecular weight excluding hydrogens is 228 g/mol. The van der Waals surface area contributed by atoms with E-state index >= 15 is 0 Å². The highest BCUT2D eigenvalue weighted by Gasteiger charge is 2.13. The van der Waals surface area contributed by atoms with Crippen molar-refractivity contribution in [1.82, 2.24) is 15.3 Å². The Morgan fingerprint density at radius 3 is 2.67 bits per heavy atom. The molecule has 0 aliphatic carbocycles. The molecule has 1 rings (SSSR count). The molecule has 0 unspecified atom stereocenters. The van der Waals surface area contributed by atoms with Crippen molar-refractivity contribution >= 4 is 11.7 Å². The lowest BCUT2D eigenvalue weighted by molar-refractivity contribution is -0.120. The molecule has 0 aromatic carbocycles. The number of hydrogen-bond donors (Lipinski definition) is 2. The van der Waals surface area contributed by atoms with E-state index in [0.29, 0.717) is 5.82 Å². The van der Waals surface area contributed by atoms with Crippen molar-refractivity contribution in [2.75, 3.05) is 11.9 Å². The second-order valence-electron chi connectivity index (χ2n) is 5.30. The number of rotatable bonds is 5. The third-order valence-corrected chi connectivity index (χ3v) is 2.17. The number of amides is 1. The molecule has 1 aromatic rings. The van der Waals surface area contributed by atoms with Gasteiger partial charge in [0.25, 0.3) is 0 Å². The van der Waals surface area contributed by atoms with Gasteiger partial charge in [-0.3, -0.25) is 4.79 Å². The van der Waals surface area contributed by atoms with E-state index in [0.717, 1.165) is 18.5 Å². The van der Waals surface area contributed by atoms with E-state index in [1.807, 2.05) is 26.8 Å². The minimum atomic E-state index is -0.211. The minimum Gasteiger partial charge on any atom is -0.361 e. The molecule has 0 radical (unpaired) electrons. The summed E-state index contributed by atoms with van der Waals surface area (Å²) >= 11 is 0. The van der Waals surface area contributed by atoms with Gasteiger partial charge in [-0.1, -0.05) is 13.3 Å². The summed E-state index contributed by atoms with van der Waals surface area (Å²) in [5, 5.41) is 5.89. The first-order valence-corrected chi connectivity index (χ1v) is 6.26. The molecule has 0 fully saturated rings. The number of carbonyl (C=O) groups excluding carboxylic acids is 1. The normalized spacial score (nSPS) is 11.1. The fraction of sp³-hybridized carbons (Fsp3) is 0.615. The molecule has 0 saturated heterocycles. The smallest absolute Gasteiger partial charge is 0.239 e. The molecule has 0 aliphatic rings. The second kappa shape index (κ2) is 6.33. The Hall–Kier alpha value is -1.65. The Kier molecular flexibility index (Phi) is 5.07. The molecule has 100 valence electrons. The van der Waals surface area contributed by atoms with Gasteiger partial charge in [0.2, 0.25) is 5.91 Å². The average Bonchev–Trinajstić information content (AvgIpc) is 2.25. The first kappa shape index (κ1) is 14.4. The minimum absolute atomic E-state index is 0.0434. The topological polar surface area (TPSA) is 66.9 Å². The lowest BCUT2D eigenvalue weighted by atomic mass is 10.1. The Morgan fingerprint density at radius 1 is 1.33 bits per heavy atom. The first-order valence-electron chi connectivity index (χ1n) is 6.26. The number of aryl methyl sites for hydroxylation is 1. The highest BCUT2D eigenvalue weighted by atomic mass is 16.2. The van der Waals surface area contributed by atoms with Crippen LogP contribution in [0.15, 0.2) is 12.4 Å². The van der Waals surface area contributed by atoms with Gasteiger partial charge in [0, 0.05) is 17.3 Å². The van der Waals surface area contributed by atoms with Crippen LogP contribution >= 0.6 is 0 Å². The summed E-state index contributed by atoms with van der Waals surface area (Å²) in [4.78, 5) is 19.9. The van der Waals surface area contributed by atoms with E-state index in [1.165, 1.54) is 6.33 Å². The number of nitrogens with one attached hydrogen (secondary N) is 2. The van der Waals surface area contributed by atoms with Crippen LogP contribution in [0.3, 0.4) is 0 Å². The van der Waals surface area contributed by atoms with Crippen LogP contribution in [0.1, 0.15) is 39.8 Å². The SMILES string of the molecule is CCCc1cc(NCC(=O)NC(C)(C)C)ncn1. The van der Waals surface area contributed by atoms with Crippen molar-refractivity contribution in [3.8, 4) is 0 Å². The third kappa shape index (κ3) is 5.61. The van der Waals surface area contributed by atoms with Gasteiger partial charge in [-0.05, 0) is 27.2 Å². The molecule has 0 spiro atoms. The van der Waals surface area contributed by atoms with Crippen molar-refractivity contribution in [2.24, 2.45) is 0 Å². The maximum atomic E-state index is 11.6. The standard InChI is InChI=1S/C13H22N4O/c1-5-6-10-7-11(16-9-15-10)14-8-12(18)17-13(2,3)4/h7,9H,5-6,8H2,1-4H3,(H,17,18)(H,14,15,16). The zero-order valence-electron chi connectivity index (χ0n) is 11.6. The van der Waals surface area contributed by atoms with Gasteiger partial charge in [0.1, 0.15) is 12.1 Å². The van der Waals surface area contributed by atoms with Crippen molar-refractivity contribution in [1.29, 1.82) is 0 Å². The quantitative estimate of drug-likeness (QED) is 0.835. The summed E-state index contributed by atoms with van der Waals surface area (Å²) < 4.78 is 0. The van der Waals surface area contributed by atoms with Crippen LogP contribution < -0.4 is 10.6 Å². The second-order valence-corrected chi connectivity index (χ2v) is 5.30. The van der Waals surface area contributed by atoms with E-state index in [1.54, 1.807) is 0 Å². The lowest BCUT2D eigenvalue weighted by Crippen LogP contribution is -2.43. The third-order valence-electron chi connectivity index (χ3n) is 2.17. The molecular formula is C13H22N4O. The van der Waals surface area contributed by atoms with Gasteiger partial charge in [0.05, 0.1) is 6.54 Å². The van der Waals surface area contributed by atoms with Gasteiger partial charge in [-0.15, -0.1) is 0 Å². The van der Waals surface area contributed by atoms with Crippen LogP contribution in [0.5, 0.6) is 0 Å². The Balaban J connectivity index is 2.48.